The van der Waals surface area contributed by atoms with E-state index in [1.54, 1.807) is 48.5 Å². The van der Waals surface area contributed by atoms with Crippen LogP contribution in [0.5, 0.6) is 17.2 Å². The van der Waals surface area contributed by atoms with Crippen molar-refractivity contribution in [1.82, 2.24) is 0 Å². The summed E-state index contributed by atoms with van der Waals surface area (Å²) in [6.07, 6.45) is 0. The molecule has 0 atom stereocenters. The summed E-state index contributed by atoms with van der Waals surface area (Å²) in [7, 11) is -14.6. The number of phenolic OH excluding ortho intramolecular Hbond substituents is 3. The minimum absolute atomic E-state index is 0.0255. The molecule has 0 amide bonds. The highest BCUT2D eigenvalue weighted by Gasteiger charge is 2.25. The minimum Gasteiger partial charge on any atom is -0.505 e. The smallest absolute Gasteiger partial charge is 0.296 e. The van der Waals surface area contributed by atoms with E-state index in [1.807, 2.05) is 0 Å². The van der Waals surface area contributed by atoms with Crippen LogP contribution in [0.1, 0.15) is 0 Å². The molecule has 66 heavy (non-hydrogen) atoms. The number of aromatic hydroxyl groups is 3. The SMILES string of the molecule is Nc1c(N=Nc2ccc3cc(S(=O)(=O)O)c(N=Nc4ccccc4)c(O)c3c2)c(S(=O)(=O)O)cc2ccc(N=Nc3ccc4ccc(N=Nc5ccccc5S(=O)(=O)O)c(O)c4c3)c(O)c12. The maximum Gasteiger partial charge on any atom is 0.296 e. The molecule has 0 aromatic heterocycles. The van der Waals surface area contributed by atoms with Crippen molar-refractivity contribution in [2.45, 2.75) is 14.7 Å². The van der Waals surface area contributed by atoms with Crippen molar-refractivity contribution < 1.29 is 54.2 Å². The van der Waals surface area contributed by atoms with Gasteiger partial charge in [-0.3, -0.25) is 13.7 Å². The lowest BCUT2D eigenvalue weighted by atomic mass is 10.1. The fraction of sp³-hybridized carbons (Fsp3) is 0. The summed E-state index contributed by atoms with van der Waals surface area (Å²) < 4.78 is 103. The van der Waals surface area contributed by atoms with Crippen molar-refractivity contribution in [3.63, 3.8) is 0 Å². The Labute approximate surface area is 372 Å². The normalized spacial score (nSPS) is 12.8. The second kappa shape index (κ2) is 17.1. The maximum absolute atomic E-state index is 12.6. The molecule has 0 heterocycles. The van der Waals surface area contributed by atoms with Crippen molar-refractivity contribution in [3.05, 3.63) is 127 Å². The Morgan fingerprint density at radius 1 is 0.379 bits per heavy atom. The zero-order chi connectivity index (χ0) is 47.1. The Morgan fingerprint density at radius 3 is 1.52 bits per heavy atom. The number of hydrogen-bond donors (Lipinski definition) is 7. The van der Waals surface area contributed by atoms with Crippen molar-refractivity contribution in [2.75, 3.05) is 5.73 Å². The van der Waals surface area contributed by atoms with Gasteiger partial charge in [0.15, 0.2) is 17.2 Å². The quantitative estimate of drug-likeness (QED) is 0.0360. The van der Waals surface area contributed by atoms with Crippen LogP contribution in [0.2, 0.25) is 0 Å². The van der Waals surface area contributed by atoms with Gasteiger partial charge < -0.3 is 21.1 Å². The highest BCUT2D eigenvalue weighted by atomic mass is 32.2. The number of nitrogens with two attached hydrogens (primary N) is 1. The van der Waals surface area contributed by atoms with Gasteiger partial charge in [-0.05, 0) is 89.0 Å². The Kier molecular flexibility index (Phi) is 11.5. The van der Waals surface area contributed by atoms with Gasteiger partial charge in [0.25, 0.3) is 30.4 Å². The van der Waals surface area contributed by atoms with Gasteiger partial charge in [-0.2, -0.15) is 40.6 Å². The summed E-state index contributed by atoms with van der Waals surface area (Å²) in [5.74, 6) is -1.63. The fourth-order valence-corrected chi connectivity index (χ4v) is 8.59. The Morgan fingerprint density at radius 2 is 0.848 bits per heavy atom. The molecule has 0 bridgehead atoms. The number of anilines is 1. The van der Waals surface area contributed by atoms with E-state index in [-0.39, 0.29) is 61.1 Å². The number of nitrogens with zero attached hydrogens (tertiary/aromatic N) is 8. The number of phenols is 3. The highest BCUT2D eigenvalue weighted by Crippen LogP contribution is 2.47. The van der Waals surface area contributed by atoms with E-state index in [0.717, 1.165) is 18.2 Å². The van der Waals surface area contributed by atoms with Crippen LogP contribution in [0.3, 0.4) is 0 Å². The van der Waals surface area contributed by atoms with Crippen LogP contribution in [0, 0.1) is 0 Å². The number of azo groups is 4. The Balaban J connectivity index is 1.14. The van der Waals surface area contributed by atoms with Gasteiger partial charge in [0.2, 0.25) is 0 Å². The molecule has 24 heteroatoms. The van der Waals surface area contributed by atoms with E-state index in [1.165, 1.54) is 60.7 Å². The number of benzene rings is 8. The fourth-order valence-electron chi connectivity index (χ4n) is 6.64. The standard InChI is InChI=1S/C42H29N9O12S3/c43-37-36-24(13-17-32(42(36)54)48-45-26-14-10-22-12-16-31(40(52)28(22)20-26)49-47-30-8-4-5-9-33(30)64(55,56)57)19-34(65(58,59)60)38(37)50-46-27-15-11-23-18-35(66(61,62)63)39(41(53)29(23)21-27)51-44-25-6-2-1-3-7-25/h1-21,52-54H,43H2,(H,55,56,57)(H,58,59,60)(H,61,62,63). The van der Waals surface area contributed by atoms with Crippen LogP contribution in [0.4, 0.5) is 51.2 Å². The third-order valence-corrected chi connectivity index (χ3v) is 12.4. The largest absolute Gasteiger partial charge is 0.505 e. The van der Waals surface area contributed by atoms with E-state index in [2.05, 4.69) is 40.9 Å². The molecular formula is C42H29N9O12S3. The first-order valence-corrected chi connectivity index (χ1v) is 23.0. The van der Waals surface area contributed by atoms with Crippen molar-refractivity contribution in [3.8, 4) is 17.2 Å². The van der Waals surface area contributed by atoms with Gasteiger partial charge >= 0.3 is 0 Å². The molecule has 8 N–H and O–H groups in total. The van der Waals surface area contributed by atoms with Gasteiger partial charge in [0.05, 0.1) is 28.1 Å². The van der Waals surface area contributed by atoms with Crippen LogP contribution >= 0.6 is 0 Å². The average Bonchev–Trinajstić information content (AvgIpc) is 3.27. The number of rotatable bonds is 11. The van der Waals surface area contributed by atoms with Gasteiger partial charge in [-0.1, -0.05) is 54.6 Å². The molecule has 8 rings (SSSR count). The first-order chi connectivity index (χ1) is 31.3. The van der Waals surface area contributed by atoms with Gasteiger partial charge in [-0.25, -0.2) is 0 Å². The molecule has 0 unspecified atom stereocenters. The van der Waals surface area contributed by atoms with Gasteiger partial charge in [0.1, 0.15) is 43.1 Å². The zero-order valence-electron chi connectivity index (χ0n) is 33.1. The third kappa shape index (κ3) is 8.98. The van der Waals surface area contributed by atoms with Gasteiger partial charge in [-0.15, -0.1) is 25.6 Å². The molecule has 0 spiro atoms. The molecule has 0 saturated heterocycles. The minimum atomic E-state index is -5.03. The summed E-state index contributed by atoms with van der Waals surface area (Å²) in [6, 6.07) is 29.7. The molecule has 0 aliphatic carbocycles. The molecule has 332 valence electrons. The van der Waals surface area contributed by atoms with Crippen LogP contribution in [-0.2, 0) is 30.4 Å². The molecule has 0 aliphatic rings. The molecule has 8 aromatic rings. The average molecular weight is 948 g/mol. The molecule has 0 fully saturated rings. The van der Waals surface area contributed by atoms with Crippen LogP contribution in [-0.4, -0.2) is 54.2 Å². The van der Waals surface area contributed by atoms with Crippen molar-refractivity contribution in [2.24, 2.45) is 40.9 Å². The number of fused-ring (bicyclic) bond motifs is 3. The third-order valence-electron chi connectivity index (χ3n) is 9.75. The first-order valence-electron chi connectivity index (χ1n) is 18.6. The lowest BCUT2D eigenvalue weighted by Gasteiger charge is -2.12. The number of hydrogen-bond acceptors (Lipinski definition) is 18. The lowest BCUT2D eigenvalue weighted by molar-refractivity contribution is 0.472. The lowest BCUT2D eigenvalue weighted by Crippen LogP contribution is -2.01. The van der Waals surface area contributed by atoms with Crippen LogP contribution in [0.15, 0.2) is 183 Å². The topological polar surface area (TPSA) is 349 Å². The predicted octanol–water partition coefficient (Wildman–Crippen LogP) is 11.2. The maximum atomic E-state index is 12.6. The van der Waals surface area contributed by atoms with Gasteiger partial charge in [0, 0.05) is 10.8 Å². The molecule has 0 aliphatic heterocycles. The summed E-state index contributed by atoms with van der Waals surface area (Å²) >= 11 is 0. The molecule has 21 nitrogen and oxygen atoms in total. The Bertz CT molecular complexity index is 3800. The van der Waals surface area contributed by atoms with Crippen LogP contribution in [0.25, 0.3) is 32.3 Å². The van der Waals surface area contributed by atoms with E-state index in [4.69, 9.17) is 5.73 Å². The summed E-state index contributed by atoms with van der Waals surface area (Å²) in [6.45, 7) is 0. The van der Waals surface area contributed by atoms with Crippen molar-refractivity contribution in [1.29, 1.82) is 0 Å². The van der Waals surface area contributed by atoms with Crippen molar-refractivity contribution >= 4 is 114 Å². The summed E-state index contributed by atoms with van der Waals surface area (Å²) in [4.78, 5) is -2.01. The second-order valence-electron chi connectivity index (χ2n) is 14.0. The molecular weight excluding hydrogens is 919 g/mol. The summed E-state index contributed by atoms with van der Waals surface area (Å²) in [5, 5.41) is 66.5. The molecule has 0 radical (unpaired) electrons. The van der Waals surface area contributed by atoms with E-state index >= 15 is 0 Å². The van der Waals surface area contributed by atoms with E-state index < -0.39 is 73.6 Å². The predicted molar refractivity (Wildman–Crippen MR) is 240 cm³/mol. The van der Waals surface area contributed by atoms with Crippen LogP contribution < -0.4 is 5.73 Å². The Hall–Kier alpha value is -8.13. The molecule has 8 aromatic carbocycles. The zero-order valence-corrected chi connectivity index (χ0v) is 35.6. The van der Waals surface area contributed by atoms with E-state index in [9.17, 15) is 54.2 Å². The monoisotopic (exact) mass is 947 g/mol. The second-order valence-corrected chi connectivity index (χ2v) is 18.2. The van der Waals surface area contributed by atoms with E-state index in [0.29, 0.717) is 11.1 Å². The highest BCUT2D eigenvalue weighted by molar-refractivity contribution is 7.86. The summed E-state index contributed by atoms with van der Waals surface area (Å²) in [5.41, 5.74) is 4.83. The number of nitrogen functional groups attached to an aromatic ring is 1. The molecule has 0 saturated carbocycles. The first kappa shape index (κ1) is 44.5.